The van der Waals surface area contributed by atoms with Gasteiger partial charge in [-0.2, -0.15) is 0 Å². The Balaban J connectivity index is 2.17. The summed E-state index contributed by atoms with van der Waals surface area (Å²) in [6.45, 7) is 1.88. The number of hydrogen-bond donors (Lipinski definition) is 1. The zero-order valence-corrected chi connectivity index (χ0v) is 13.8. The summed E-state index contributed by atoms with van der Waals surface area (Å²) < 4.78 is 14.5. The smallest absolute Gasteiger partial charge is 0.253 e. The van der Waals surface area contributed by atoms with Crippen LogP contribution in [0.15, 0.2) is 51.4 Å². The van der Waals surface area contributed by atoms with Gasteiger partial charge in [0.15, 0.2) is 0 Å². The Hall–Kier alpha value is -1.20. The average Bonchev–Trinajstić information content (AvgIpc) is 2.41. The Bertz CT molecular complexity index is 646. The highest BCUT2D eigenvalue weighted by molar-refractivity contribution is 9.10. The summed E-state index contributed by atoms with van der Waals surface area (Å²) in [5.41, 5.74) is 1.26. The van der Waals surface area contributed by atoms with Crippen LogP contribution in [0.4, 0.5) is 4.39 Å². The summed E-state index contributed by atoms with van der Waals surface area (Å²) in [7, 11) is 0. The highest BCUT2D eigenvalue weighted by Gasteiger charge is 2.16. The molecule has 0 bridgehead atoms. The van der Waals surface area contributed by atoms with Crippen molar-refractivity contribution in [1.29, 1.82) is 0 Å². The van der Waals surface area contributed by atoms with Crippen molar-refractivity contribution < 1.29 is 9.18 Å². The van der Waals surface area contributed by atoms with Crippen LogP contribution in [0.1, 0.15) is 28.9 Å². The van der Waals surface area contributed by atoms with Gasteiger partial charge in [0.2, 0.25) is 0 Å². The fourth-order valence-electron chi connectivity index (χ4n) is 1.81. The lowest BCUT2D eigenvalue weighted by atomic mass is 10.1. The molecule has 0 aliphatic rings. The summed E-state index contributed by atoms with van der Waals surface area (Å²) in [6.07, 6.45) is 0. The number of halogens is 3. The van der Waals surface area contributed by atoms with E-state index in [1.54, 1.807) is 6.07 Å². The summed E-state index contributed by atoms with van der Waals surface area (Å²) in [5.74, 6) is -0.767. The molecule has 5 heteroatoms. The second kappa shape index (κ2) is 6.50. The number of rotatable bonds is 3. The van der Waals surface area contributed by atoms with Gasteiger partial charge in [-0.1, -0.05) is 34.1 Å². The molecular formula is C15H12Br2FNO. The van der Waals surface area contributed by atoms with Crippen LogP contribution in [0.5, 0.6) is 0 Å². The highest BCUT2D eigenvalue weighted by Crippen LogP contribution is 2.22. The first-order valence-corrected chi connectivity index (χ1v) is 7.58. The van der Waals surface area contributed by atoms with E-state index in [0.717, 1.165) is 10.0 Å². The zero-order chi connectivity index (χ0) is 14.7. The summed E-state index contributed by atoms with van der Waals surface area (Å²) in [6, 6.07) is 11.9. The van der Waals surface area contributed by atoms with E-state index >= 15 is 0 Å². The van der Waals surface area contributed by atoms with Crippen molar-refractivity contribution >= 4 is 37.8 Å². The molecule has 2 nitrogen and oxygen atoms in total. The molecule has 0 aromatic heterocycles. The van der Waals surface area contributed by atoms with E-state index in [1.807, 2.05) is 31.2 Å². The van der Waals surface area contributed by atoms with Crippen molar-refractivity contribution in [2.24, 2.45) is 0 Å². The maximum absolute atomic E-state index is 13.4. The topological polar surface area (TPSA) is 29.1 Å². The van der Waals surface area contributed by atoms with Gasteiger partial charge in [-0.3, -0.25) is 4.79 Å². The predicted molar refractivity (Wildman–Crippen MR) is 84.1 cm³/mol. The lowest BCUT2D eigenvalue weighted by molar-refractivity contribution is 0.0938. The molecule has 0 saturated carbocycles. The van der Waals surface area contributed by atoms with E-state index in [1.165, 1.54) is 12.1 Å². The predicted octanol–water partition coefficient (Wildman–Crippen LogP) is 4.84. The van der Waals surface area contributed by atoms with E-state index in [0.29, 0.717) is 0 Å². The van der Waals surface area contributed by atoms with Crippen LogP contribution >= 0.6 is 31.9 Å². The van der Waals surface area contributed by atoms with Crippen molar-refractivity contribution in [1.82, 2.24) is 5.32 Å². The molecule has 0 spiro atoms. The Kier molecular flexibility index (Phi) is 4.94. The van der Waals surface area contributed by atoms with Gasteiger partial charge in [0, 0.05) is 4.47 Å². The standard InChI is InChI=1S/C15H12Br2FNO/c1-9(10-4-2-5-11(16)8-10)19-15(20)12-6-3-7-13(18)14(12)17/h2-9H,1H3,(H,19,20). The summed E-state index contributed by atoms with van der Waals surface area (Å²) in [4.78, 5) is 12.2. The summed E-state index contributed by atoms with van der Waals surface area (Å²) in [5, 5.41) is 2.85. The molecule has 0 fully saturated rings. The molecule has 2 aromatic carbocycles. The number of hydrogen-bond acceptors (Lipinski definition) is 1. The normalized spacial score (nSPS) is 12.0. The molecule has 0 saturated heterocycles. The van der Waals surface area contributed by atoms with Crippen LogP contribution in [-0.4, -0.2) is 5.91 Å². The van der Waals surface area contributed by atoms with Gasteiger partial charge in [-0.25, -0.2) is 4.39 Å². The van der Waals surface area contributed by atoms with Crippen LogP contribution in [0, 0.1) is 5.82 Å². The van der Waals surface area contributed by atoms with Gasteiger partial charge < -0.3 is 5.32 Å². The molecule has 104 valence electrons. The fourth-order valence-corrected chi connectivity index (χ4v) is 2.67. The minimum Gasteiger partial charge on any atom is -0.345 e. The molecule has 0 heterocycles. The summed E-state index contributed by atoms with van der Waals surface area (Å²) >= 11 is 6.49. The number of benzene rings is 2. The molecule has 1 atom stereocenters. The molecule has 0 aliphatic heterocycles. The molecule has 0 aliphatic carbocycles. The minimum atomic E-state index is -0.451. The molecule has 1 unspecified atom stereocenters. The van der Waals surface area contributed by atoms with Gasteiger partial charge in [0.05, 0.1) is 16.1 Å². The number of nitrogens with one attached hydrogen (secondary N) is 1. The van der Waals surface area contributed by atoms with Gasteiger partial charge in [0.25, 0.3) is 5.91 Å². The molecule has 2 aromatic rings. The van der Waals surface area contributed by atoms with Crippen LogP contribution in [0.25, 0.3) is 0 Å². The van der Waals surface area contributed by atoms with Crippen molar-refractivity contribution in [2.45, 2.75) is 13.0 Å². The lowest BCUT2D eigenvalue weighted by Gasteiger charge is -2.15. The quantitative estimate of drug-likeness (QED) is 0.784. The van der Waals surface area contributed by atoms with Gasteiger partial charge in [-0.05, 0) is 52.7 Å². The average molecular weight is 401 g/mol. The first-order valence-electron chi connectivity index (χ1n) is 5.99. The lowest BCUT2D eigenvalue weighted by Crippen LogP contribution is -2.27. The van der Waals surface area contributed by atoms with E-state index in [4.69, 9.17) is 0 Å². The Labute approximate surface area is 133 Å². The maximum Gasteiger partial charge on any atom is 0.253 e. The third-order valence-corrected chi connectivity index (χ3v) is 4.19. The van der Waals surface area contributed by atoms with Crippen molar-refractivity contribution in [3.05, 3.63) is 68.4 Å². The third-order valence-electron chi connectivity index (χ3n) is 2.89. The molecule has 2 rings (SSSR count). The third kappa shape index (κ3) is 3.46. The van der Waals surface area contributed by atoms with Crippen LogP contribution in [0.2, 0.25) is 0 Å². The van der Waals surface area contributed by atoms with Crippen molar-refractivity contribution in [3.63, 3.8) is 0 Å². The van der Waals surface area contributed by atoms with Gasteiger partial charge in [-0.15, -0.1) is 0 Å². The van der Waals surface area contributed by atoms with Crippen LogP contribution in [0.3, 0.4) is 0 Å². The van der Waals surface area contributed by atoms with E-state index in [9.17, 15) is 9.18 Å². The number of carbonyl (C=O) groups is 1. The first-order chi connectivity index (χ1) is 9.49. The zero-order valence-electron chi connectivity index (χ0n) is 10.7. The van der Waals surface area contributed by atoms with E-state index < -0.39 is 5.82 Å². The van der Waals surface area contributed by atoms with Crippen LogP contribution < -0.4 is 5.32 Å². The van der Waals surface area contributed by atoms with Gasteiger partial charge >= 0.3 is 0 Å². The first kappa shape index (κ1) is 15.2. The van der Waals surface area contributed by atoms with E-state index in [-0.39, 0.29) is 22.0 Å². The largest absolute Gasteiger partial charge is 0.345 e. The second-order valence-corrected chi connectivity index (χ2v) is 6.06. The van der Waals surface area contributed by atoms with E-state index in [2.05, 4.69) is 37.2 Å². The molecular weight excluding hydrogens is 389 g/mol. The van der Waals surface area contributed by atoms with Crippen LogP contribution in [-0.2, 0) is 0 Å². The Morgan fingerprint density at radius 2 is 1.90 bits per heavy atom. The monoisotopic (exact) mass is 399 g/mol. The maximum atomic E-state index is 13.4. The Morgan fingerprint density at radius 3 is 2.60 bits per heavy atom. The second-order valence-electron chi connectivity index (χ2n) is 4.35. The molecule has 0 radical (unpaired) electrons. The molecule has 20 heavy (non-hydrogen) atoms. The Morgan fingerprint density at radius 1 is 1.20 bits per heavy atom. The minimum absolute atomic E-state index is 0.171. The molecule has 1 N–H and O–H groups in total. The fraction of sp³-hybridized carbons (Fsp3) is 0.133. The number of amides is 1. The SMILES string of the molecule is CC(NC(=O)c1cccc(F)c1Br)c1cccc(Br)c1. The highest BCUT2D eigenvalue weighted by atomic mass is 79.9. The molecule has 1 amide bonds. The van der Waals surface area contributed by atoms with Crippen molar-refractivity contribution in [2.75, 3.05) is 0 Å². The van der Waals surface area contributed by atoms with Crippen molar-refractivity contribution in [3.8, 4) is 0 Å². The van der Waals surface area contributed by atoms with Gasteiger partial charge in [0.1, 0.15) is 5.82 Å². The number of carbonyl (C=O) groups excluding carboxylic acids is 1.